The molecule has 1 aliphatic rings. The molecule has 0 aliphatic carbocycles. The van der Waals surface area contributed by atoms with E-state index in [2.05, 4.69) is 20.9 Å². The second-order valence-corrected chi connectivity index (χ2v) is 4.21. The second-order valence-electron chi connectivity index (χ2n) is 4.21. The average Bonchev–Trinajstić information content (AvgIpc) is 2.91. The van der Waals surface area contributed by atoms with Gasteiger partial charge in [0.25, 0.3) is 0 Å². The number of hydrogen-bond donors (Lipinski definition) is 0. The van der Waals surface area contributed by atoms with Crippen LogP contribution in [0.25, 0.3) is 11.0 Å². The van der Waals surface area contributed by atoms with Gasteiger partial charge in [-0.25, -0.2) is 9.97 Å². The minimum absolute atomic E-state index is 0.586. The van der Waals surface area contributed by atoms with E-state index in [1.165, 1.54) is 12.8 Å². The molecule has 17 heavy (non-hydrogen) atoms. The number of nitrogens with zero attached hydrogens (tertiary/aromatic N) is 4. The Hall–Kier alpha value is -2.15. The molecule has 0 bridgehead atoms. The molecule has 1 aromatic heterocycles. The Morgan fingerprint density at radius 3 is 2.82 bits per heavy atom. The lowest BCUT2D eigenvalue weighted by Gasteiger charge is -2.15. The Labute approximate surface area is 99.5 Å². The van der Waals surface area contributed by atoms with Gasteiger partial charge in [-0.2, -0.15) is 5.26 Å². The zero-order valence-corrected chi connectivity index (χ0v) is 9.43. The summed E-state index contributed by atoms with van der Waals surface area (Å²) in [4.78, 5) is 11.2. The van der Waals surface area contributed by atoms with E-state index in [0.29, 0.717) is 11.1 Å². The summed E-state index contributed by atoms with van der Waals surface area (Å²) in [5.41, 5.74) is 2.08. The van der Waals surface area contributed by atoms with Gasteiger partial charge in [0.05, 0.1) is 17.3 Å². The number of para-hydroxylation sites is 1. The molecule has 4 nitrogen and oxygen atoms in total. The first kappa shape index (κ1) is 10.0. The van der Waals surface area contributed by atoms with Crippen LogP contribution in [0, 0.1) is 11.3 Å². The molecule has 0 spiro atoms. The number of fused-ring (bicyclic) bond motifs is 1. The van der Waals surface area contributed by atoms with Gasteiger partial charge in [0.15, 0.2) is 0 Å². The third-order valence-electron chi connectivity index (χ3n) is 3.11. The molecule has 2 aromatic rings. The molecule has 1 aliphatic heterocycles. The predicted octanol–water partition coefficient (Wildman–Crippen LogP) is 2.10. The topological polar surface area (TPSA) is 52.8 Å². The summed E-state index contributed by atoms with van der Waals surface area (Å²) in [6, 6.07) is 7.67. The molecule has 1 aromatic carbocycles. The van der Waals surface area contributed by atoms with E-state index in [9.17, 15) is 0 Å². The van der Waals surface area contributed by atoms with Gasteiger partial charge >= 0.3 is 0 Å². The minimum Gasteiger partial charge on any atom is -0.355 e. The highest BCUT2D eigenvalue weighted by Gasteiger charge is 2.14. The Morgan fingerprint density at radius 1 is 1.24 bits per heavy atom. The van der Waals surface area contributed by atoms with E-state index in [1.54, 1.807) is 12.3 Å². The molecule has 0 unspecified atom stereocenters. The van der Waals surface area contributed by atoms with Gasteiger partial charge in [-0.3, -0.25) is 0 Å². The van der Waals surface area contributed by atoms with Crippen molar-refractivity contribution in [3.63, 3.8) is 0 Å². The smallest absolute Gasteiger partial charge is 0.147 e. The van der Waals surface area contributed by atoms with E-state index in [0.717, 1.165) is 24.4 Å². The van der Waals surface area contributed by atoms with Gasteiger partial charge in [0.2, 0.25) is 0 Å². The van der Waals surface area contributed by atoms with Crippen molar-refractivity contribution in [1.29, 1.82) is 5.26 Å². The van der Waals surface area contributed by atoms with E-state index < -0.39 is 0 Å². The highest BCUT2D eigenvalue weighted by atomic mass is 15.2. The SMILES string of the molecule is N#Cc1cccc2nc(N3CCCC3)cnc12. The zero-order chi connectivity index (χ0) is 11.7. The Kier molecular flexibility index (Phi) is 2.37. The minimum atomic E-state index is 0.586. The first-order valence-corrected chi connectivity index (χ1v) is 5.79. The molecule has 1 saturated heterocycles. The Bertz CT molecular complexity index is 594. The largest absolute Gasteiger partial charge is 0.355 e. The maximum atomic E-state index is 8.99. The lowest BCUT2D eigenvalue weighted by atomic mass is 10.2. The maximum absolute atomic E-state index is 8.99. The quantitative estimate of drug-likeness (QED) is 0.744. The number of anilines is 1. The van der Waals surface area contributed by atoms with Crippen LogP contribution in [0.2, 0.25) is 0 Å². The van der Waals surface area contributed by atoms with E-state index >= 15 is 0 Å². The highest BCUT2D eigenvalue weighted by molar-refractivity contribution is 5.81. The second kappa shape index (κ2) is 4.02. The molecule has 2 heterocycles. The van der Waals surface area contributed by atoms with Crippen molar-refractivity contribution in [3.05, 3.63) is 30.0 Å². The van der Waals surface area contributed by atoms with E-state index in [4.69, 9.17) is 5.26 Å². The van der Waals surface area contributed by atoms with E-state index in [-0.39, 0.29) is 0 Å². The summed E-state index contributed by atoms with van der Waals surface area (Å²) in [5, 5.41) is 8.99. The fourth-order valence-corrected chi connectivity index (χ4v) is 2.22. The van der Waals surface area contributed by atoms with Crippen molar-refractivity contribution >= 4 is 16.9 Å². The summed E-state index contributed by atoms with van der Waals surface area (Å²) in [7, 11) is 0. The monoisotopic (exact) mass is 224 g/mol. The Morgan fingerprint density at radius 2 is 2.06 bits per heavy atom. The molecule has 0 atom stereocenters. The molecule has 0 radical (unpaired) electrons. The van der Waals surface area contributed by atoms with Crippen LogP contribution in [0.4, 0.5) is 5.82 Å². The zero-order valence-electron chi connectivity index (χ0n) is 9.43. The van der Waals surface area contributed by atoms with Crippen molar-refractivity contribution in [1.82, 2.24) is 9.97 Å². The molecular formula is C13H12N4. The number of aromatic nitrogens is 2. The maximum Gasteiger partial charge on any atom is 0.147 e. The summed E-state index contributed by atoms with van der Waals surface area (Å²) in [5.74, 6) is 0.921. The number of nitriles is 1. The van der Waals surface area contributed by atoms with Gasteiger partial charge in [-0.15, -0.1) is 0 Å². The molecule has 0 amide bonds. The van der Waals surface area contributed by atoms with Crippen LogP contribution < -0.4 is 4.90 Å². The van der Waals surface area contributed by atoms with Crippen molar-refractivity contribution in [2.45, 2.75) is 12.8 Å². The van der Waals surface area contributed by atoms with E-state index in [1.807, 2.05) is 12.1 Å². The van der Waals surface area contributed by atoms with Crippen LogP contribution >= 0.6 is 0 Å². The number of benzene rings is 1. The van der Waals surface area contributed by atoms with Crippen LogP contribution in [0.5, 0.6) is 0 Å². The fourth-order valence-electron chi connectivity index (χ4n) is 2.22. The summed E-state index contributed by atoms with van der Waals surface area (Å²) < 4.78 is 0. The third-order valence-corrected chi connectivity index (χ3v) is 3.11. The van der Waals surface area contributed by atoms with Gasteiger partial charge in [-0.1, -0.05) is 6.07 Å². The highest BCUT2D eigenvalue weighted by Crippen LogP contribution is 2.21. The lowest BCUT2D eigenvalue weighted by Crippen LogP contribution is -2.19. The first-order valence-electron chi connectivity index (χ1n) is 5.79. The molecular weight excluding hydrogens is 212 g/mol. The molecule has 0 N–H and O–H groups in total. The van der Waals surface area contributed by atoms with Crippen LogP contribution in [0.3, 0.4) is 0 Å². The van der Waals surface area contributed by atoms with Crippen LogP contribution in [-0.4, -0.2) is 23.1 Å². The summed E-state index contributed by atoms with van der Waals surface area (Å²) in [6.45, 7) is 2.11. The van der Waals surface area contributed by atoms with Gasteiger partial charge in [0, 0.05) is 13.1 Å². The van der Waals surface area contributed by atoms with Crippen LogP contribution in [-0.2, 0) is 0 Å². The van der Waals surface area contributed by atoms with Crippen molar-refractivity contribution in [2.75, 3.05) is 18.0 Å². The van der Waals surface area contributed by atoms with Gasteiger partial charge in [0.1, 0.15) is 17.4 Å². The van der Waals surface area contributed by atoms with Crippen LogP contribution in [0.15, 0.2) is 24.4 Å². The molecule has 3 rings (SSSR count). The average molecular weight is 224 g/mol. The molecule has 0 saturated carbocycles. The molecule has 1 fully saturated rings. The standard InChI is InChI=1S/C13H12N4/c14-8-10-4-3-5-11-13(10)15-9-12(16-11)17-6-1-2-7-17/h3-5,9H,1-2,6-7H2. The Balaban J connectivity index is 2.11. The molecule has 4 heteroatoms. The van der Waals surface area contributed by atoms with Crippen molar-refractivity contribution in [2.24, 2.45) is 0 Å². The summed E-state index contributed by atoms with van der Waals surface area (Å²) in [6.07, 6.45) is 4.21. The normalized spacial score (nSPS) is 15.1. The fraction of sp³-hybridized carbons (Fsp3) is 0.308. The number of hydrogen-bond acceptors (Lipinski definition) is 4. The van der Waals surface area contributed by atoms with Crippen LogP contribution in [0.1, 0.15) is 18.4 Å². The predicted molar refractivity (Wildman–Crippen MR) is 65.7 cm³/mol. The van der Waals surface area contributed by atoms with Gasteiger partial charge in [-0.05, 0) is 25.0 Å². The van der Waals surface area contributed by atoms with Crippen molar-refractivity contribution < 1.29 is 0 Å². The summed E-state index contributed by atoms with van der Waals surface area (Å²) >= 11 is 0. The van der Waals surface area contributed by atoms with Crippen molar-refractivity contribution in [3.8, 4) is 6.07 Å². The third kappa shape index (κ3) is 1.70. The first-order chi connectivity index (χ1) is 8.38. The lowest BCUT2D eigenvalue weighted by molar-refractivity contribution is 0.936. The number of rotatable bonds is 1. The van der Waals surface area contributed by atoms with Gasteiger partial charge < -0.3 is 4.90 Å². The molecule has 84 valence electrons.